The molecule has 2 heterocycles. The van der Waals surface area contributed by atoms with Crippen LogP contribution in [0.25, 0.3) is 5.69 Å². The third-order valence-electron chi connectivity index (χ3n) is 2.14. The molecule has 2 rings (SSSR count). The number of rotatable bonds is 3. The van der Waals surface area contributed by atoms with Gasteiger partial charge in [0.1, 0.15) is 8.85 Å². The van der Waals surface area contributed by atoms with Gasteiger partial charge in [-0.25, -0.2) is 14.5 Å². The van der Waals surface area contributed by atoms with Crippen LogP contribution in [-0.2, 0) is 4.74 Å². The number of hydrogen-bond donors (Lipinski definition) is 0. The summed E-state index contributed by atoms with van der Waals surface area (Å²) in [6.45, 7) is 2.03. The minimum atomic E-state index is -0.487. The van der Waals surface area contributed by atoms with Crippen LogP contribution in [0.15, 0.2) is 24.5 Å². The number of pyridine rings is 1. The summed E-state index contributed by atoms with van der Waals surface area (Å²) in [7, 11) is 0. The Morgan fingerprint density at radius 1 is 1.61 bits per heavy atom. The predicted molar refractivity (Wildman–Crippen MR) is 75.0 cm³/mol. The van der Waals surface area contributed by atoms with E-state index in [0.717, 1.165) is 3.70 Å². The third kappa shape index (κ3) is 2.81. The van der Waals surface area contributed by atoms with Crippen LogP contribution < -0.4 is 0 Å². The molecule has 7 heteroatoms. The zero-order chi connectivity index (χ0) is 13.1. The van der Waals surface area contributed by atoms with Gasteiger partial charge in [-0.05, 0) is 41.6 Å². The van der Waals surface area contributed by atoms with E-state index in [1.54, 1.807) is 30.1 Å². The van der Waals surface area contributed by atoms with E-state index in [1.165, 1.54) is 0 Å². The molecule has 0 aliphatic rings. The molecule has 18 heavy (non-hydrogen) atoms. The molecule has 0 saturated carbocycles. The van der Waals surface area contributed by atoms with Gasteiger partial charge in [-0.15, -0.1) is 0 Å². The van der Waals surface area contributed by atoms with E-state index in [0.29, 0.717) is 12.3 Å². The van der Waals surface area contributed by atoms with Gasteiger partial charge < -0.3 is 4.74 Å². The summed E-state index contributed by atoms with van der Waals surface area (Å²) < 4.78 is 7.38. The first-order valence-electron chi connectivity index (χ1n) is 5.16. The van der Waals surface area contributed by atoms with Crippen molar-refractivity contribution in [2.75, 3.05) is 6.61 Å². The highest BCUT2D eigenvalue weighted by Gasteiger charge is 2.14. The molecule has 0 aromatic carbocycles. The zero-order valence-corrected chi connectivity index (χ0v) is 12.3. The van der Waals surface area contributed by atoms with Crippen molar-refractivity contribution in [3.63, 3.8) is 0 Å². The Bertz CT molecular complexity index is 585. The molecule has 0 atom stereocenters. The summed E-state index contributed by atoms with van der Waals surface area (Å²) in [5.41, 5.74) is 0.895. The van der Waals surface area contributed by atoms with Gasteiger partial charge in [0, 0.05) is 6.20 Å². The van der Waals surface area contributed by atoms with Gasteiger partial charge >= 0.3 is 5.97 Å². The first kappa shape index (κ1) is 13.3. The van der Waals surface area contributed by atoms with E-state index in [-0.39, 0.29) is 10.7 Å². The molecule has 5 nitrogen and oxygen atoms in total. The maximum absolute atomic E-state index is 11.7. The molecule has 2 aromatic heterocycles. The van der Waals surface area contributed by atoms with Crippen LogP contribution in [0.2, 0.25) is 5.15 Å². The second-order valence-corrected chi connectivity index (χ2v) is 4.80. The molecule has 0 aliphatic carbocycles. The number of carbonyl (C=O) groups is 1. The molecule has 0 saturated heterocycles. The van der Waals surface area contributed by atoms with Crippen molar-refractivity contribution in [1.82, 2.24) is 14.8 Å². The molecule has 0 amide bonds. The minimum absolute atomic E-state index is 0.124. The monoisotopic (exact) mass is 377 g/mol. The van der Waals surface area contributed by atoms with E-state index < -0.39 is 5.97 Å². The molecule has 0 N–H and O–H groups in total. The molecule has 0 unspecified atom stereocenters. The van der Waals surface area contributed by atoms with Crippen molar-refractivity contribution in [2.24, 2.45) is 0 Å². The van der Waals surface area contributed by atoms with E-state index in [4.69, 9.17) is 16.3 Å². The lowest BCUT2D eigenvalue weighted by molar-refractivity contribution is 0.0526. The second-order valence-electron chi connectivity index (χ2n) is 3.34. The molecular formula is C11H9ClIN3O2. The lowest BCUT2D eigenvalue weighted by Gasteiger charge is -2.06. The summed E-state index contributed by atoms with van der Waals surface area (Å²) >= 11 is 7.98. The molecule has 0 fully saturated rings. The average molecular weight is 378 g/mol. The van der Waals surface area contributed by atoms with Crippen molar-refractivity contribution in [3.8, 4) is 5.69 Å². The van der Waals surface area contributed by atoms with Crippen LogP contribution in [-0.4, -0.2) is 27.3 Å². The van der Waals surface area contributed by atoms with Crippen molar-refractivity contribution < 1.29 is 9.53 Å². The van der Waals surface area contributed by atoms with Gasteiger partial charge in [0.15, 0.2) is 0 Å². The van der Waals surface area contributed by atoms with E-state index in [1.807, 2.05) is 6.07 Å². The Hall–Kier alpha value is -1.15. The molecule has 94 valence electrons. The summed E-state index contributed by atoms with van der Waals surface area (Å²) in [4.78, 5) is 15.6. The smallest absolute Gasteiger partial charge is 0.341 e. The number of aromatic nitrogens is 3. The highest BCUT2D eigenvalue weighted by atomic mass is 127. The number of esters is 1. The van der Waals surface area contributed by atoms with Gasteiger partial charge in [-0.3, -0.25) is 0 Å². The van der Waals surface area contributed by atoms with E-state index in [2.05, 4.69) is 32.7 Å². The van der Waals surface area contributed by atoms with E-state index >= 15 is 0 Å². The Kier molecular flexibility index (Phi) is 4.18. The summed E-state index contributed by atoms with van der Waals surface area (Å²) in [5.74, 6) is -0.487. The molecule has 0 radical (unpaired) electrons. The van der Waals surface area contributed by atoms with Crippen LogP contribution in [0.1, 0.15) is 17.3 Å². The molecule has 0 spiro atoms. The van der Waals surface area contributed by atoms with Gasteiger partial charge in [-0.1, -0.05) is 11.6 Å². The van der Waals surface area contributed by atoms with Crippen molar-refractivity contribution >= 4 is 40.2 Å². The second kappa shape index (κ2) is 5.66. The summed E-state index contributed by atoms with van der Waals surface area (Å²) in [5, 5.41) is 4.35. The fourth-order valence-electron chi connectivity index (χ4n) is 1.36. The number of carbonyl (C=O) groups excluding carboxylic acids is 1. The number of halogens is 2. The highest BCUT2D eigenvalue weighted by Crippen LogP contribution is 2.18. The fraction of sp³-hybridized carbons (Fsp3) is 0.182. The van der Waals surface area contributed by atoms with Gasteiger partial charge in [-0.2, -0.15) is 5.10 Å². The minimum Gasteiger partial charge on any atom is -0.462 e. The molecular weight excluding hydrogens is 368 g/mol. The van der Waals surface area contributed by atoms with E-state index in [9.17, 15) is 4.79 Å². The van der Waals surface area contributed by atoms with Crippen LogP contribution in [0, 0.1) is 3.70 Å². The molecule has 0 bridgehead atoms. The topological polar surface area (TPSA) is 57.0 Å². The van der Waals surface area contributed by atoms with Gasteiger partial charge in [0.25, 0.3) is 0 Å². The highest BCUT2D eigenvalue weighted by molar-refractivity contribution is 14.1. The maximum Gasteiger partial charge on any atom is 0.341 e. The fourth-order valence-corrected chi connectivity index (χ4v) is 1.93. The van der Waals surface area contributed by atoms with Crippen molar-refractivity contribution in [3.05, 3.63) is 38.9 Å². The molecule has 2 aromatic rings. The van der Waals surface area contributed by atoms with Gasteiger partial charge in [0.2, 0.25) is 0 Å². The Labute approximate surface area is 122 Å². The average Bonchev–Trinajstić information content (AvgIpc) is 2.77. The van der Waals surface area contributed by atoms with Crippen LogP contribution in [0.4, 0.5) is 0 Å². The third-order valence-corrected chi connectivity index (χ3v) is 3.02. The quantitative estimate of drug-likeness (QED) is 0.469. The first-order chi connectivity index (χ1) is 8.61. The Balaban J connectivity index is 2.40. The predicted octanol–water partition coefficient (Wildman–Crippen LogP) is 2.70. The number of hydrogen-bond acceptors (Lipinski definition) is 4. The van der Waals surface area contributed by atoms with Crippen molar-refractivity contribution in [2.45, 2.75) is 6.92 Å². The van der Waals surface area contributed by atoms with Gasteiger partial charge in [0.05, 0.1) is 24.1 Å². The Morgan fingerprint density at radius 3 is 3.00 bits per heavy atom. The normalized spacial score (nSPS) is 10.4. The lowest BCUT2D eigenvalue weighted by atomic mass is 10.2. The molecule has 0 aliphatic heterocycles. The van der Waals surface area contributed by atoms with Crippen LogP contribution in [0.3, 0.4) is 0 Å². The largest absolute Gasteiger partial charge is 0.462 e. The standard InChI is InChI=1S/C11H9ClIN3O2/c1-2-18-11(17)8-5-7(6-14-10(8)12)16-4-3-9(13)15-16/h3-6H,2H2,1H3. The first-order valence-corrected chi connectivity index (χ1v) is 6.61. The summed E-state index contributed by atoms with van der Waals surface area (Å²) in [6, 6.07) is 3.45. The lowest BCUT2D eigenvalue weighted by Crippen LogP contribution is -2.08. The zero-order valence-electron chi connectivity index (χ0n) is 9.43. The Morgan fingerprint density at radius 2 is 2.39 bits per heavy atom. The maximum atomic E-state index is 11.7. The SMILES string of the molecule is CCOC(=O)c1cc(-n2ccc(I)n2)cnc1Cl. The van der Waals surface area contributed by atoms with Crippen molar-refractivity contribution in [1.29, 1.82) is 0 Å². The number of ether oxygens (including phenoxy) is 1. The summed E-state index contributed by atoms with van der Waals surface area (Å²) in [6.07, 6.45) is 3.33. The van der Waals surface area contributed by atoms with Crippen LogP contribution in [0.5, 0.6) is 0 Å². The number of nitrogens with zero attached hydrogens (tertiary/aromatic N) is 3. The van der Waals surface area contributed by atoms with Crippen LogP contribution >= 0.6 is 34.2 Å².